The molecule has 0 unspecified atom stereocenters. The van der Waals surface area contributed by atoms with Crippen molar-refractivity contribution in [3.8, 4) is 0 Å². The zero-order chi connectivity index (χ0) is 15.4. The molecule has 0 spiro atoms. The molecule has 0 radical (unpaired) electrons. The average molecular weight is 314 g/mol. The molecule has 0 aliphatic carbocycles. The van der Waals surface area contributed by atoms with Crippen LogP contribution in [0.25, 0.3) is 0 Å². The van der Waals surface area contributed by atoms with Gasteiger partial charge in [-0.15, -0.1) is 0 Å². The molecule has 0 amide bonds. The molecule has 0 aromatic heterocycles. The third-order valence-electron chi connectivity index (χ3n) is 4.59. The number of benzene rings is 2. The normalized spacial score (nSPS) is 24.0. The average Bonchev–Trinajstić information content (AvgIpc) is 2.53. The summed E-state index contributed by atoms with van der Waals surface area (Å²) in [4.78, 5) is 0. The Morgan fingerprint density at radius 2 is 1.14 bits per heavy atom. The molecule has 116 valence electrons. The van der Waals surface area contributed by atoms with E-state index >= 15 is 0 Å². The first-order chi connectivity index (χ1) is 10.7. The number of rotatable bonds is 4. The van der Waals surface area contributed by atoms with E-state index in [0.29, 0.717) is 12.8 Å². The summed E-state index contributed by atoms with van der Waals surface area (Å²) in [6.45, 7) is 0. The molecule has 1 heterocycles. The Morgan fingerprint density at radius 1 is 0.727 bits per heavy atom. The van der Waals surface area contributed by atoms with Gasteiger partial charge in [-0.3, -0.25) is 0 Å². The second-order valence-corrected chi connectivity index (χ2v) is 8.65. The van der Waals surface area contributed by atoms with Gasteiger partial charge in [0.05, 0.1) is 10.5 Å². The number of sulfone groups is 1. The van der Waals surface area contributed by atoms with Crippen molar-refractivity contribution < 1.29 is 8.42 Å². The fourth-order valence-electron chi connectivity index (χ4n) is 3.36. The fourth-order valence-corrected chi connectivity index (χ4v) is 5.75. The molecule has 3 heteroatoms. The van der Waals surface area contributed by atoms with Gasteiger partial charge in [0.15, 0.2) is 9.84 Å². The van der Waals surface area contributed by atoms with Crippen LogP contribution in [0, 0.1) is 0 Å². The van der Waals surface area contributed by atoms with Crippen molar-refractivity contribution in [3.63, 3.8) is 0 Å². The van der Waals surface area contributed by atoms with Crippen LogP contribution < -0.4 is 0 Å². The molecule has 2 aromatic carbocycles. The maximum atomic E-state index is 12.9. The van der Waals surface area contributed by atoms with Crippen molar-refractivity contribution in [2.75, 3.05) is 0 Å². The van der Waals surface area contributed by atoms with Gasteiger partial charge in [-0.2, -0.15) is 0 Å². The van der Waals surface area contributed by atoms with Crippen LogP contribution in [0.3, 0.4) is 0 Å². The SMILES string of the molecule is O=S1(=O)[C@@H](Cc2ccccc2)CCC[C@H]1Cc1ccccc1. The van der Waals surface area contributed by atoms with Crippen molar-refractivity contribution in [3.05, 3.63) is 71.8 Å². The molecule has 0 N–H and O–H groups in total. The number of hydrogen-bond donors (Lipinski definition) is 0. The van der Waals surface area contributed by atoms with E-state index in [0.717, 1.165) is 30.4 Å². The Bertz CT molecular complexity index is 637. The van der Waals surface area contributed by atoms with E-state index in [1.807, 2.05) is 60.7 Å². The van der Waals surface area contributed by atoms with Crippen LogP contribution in [-0.2, 0) is 22.7 Å². The zero-order valence-electron chi connectivity index (χ0n) is 12.7. The summed E-state index contributed by atoms with van der Waals surface area (Å²) in [6, 6.07) is 19.9. The summed E-state index contributed by atoms with van der Waals surface area (Å²) >= 11 is 0. The second kappa shape index (κ2) is 6.66. The molecule has 0 saturated carbocycles. The van der Waals surface area contributed by atoms with Gasteiger partial charge in [0.25, 0.3) is 0 Å². The van der Waals surface area contributed by atoms with Gasteiger partial charge >= 0.3 is 0 Å². The Labute approximate surface area is 133 Å². The monoisotopic (exact) mass is 314 g/mol. The van der Waals surface area contributed by atoms with Crippen LogP contribution in [-0.4, -0.2) is 18.9 Å². The van der Waals surface area contributed by atoms with Crippen molar-refractivity contribution >= 4 is 9.84 Å². The van der Waals surface area contributed by atoms with Crippen molar-refractivity contribution in [2.45, 2.75) is 42.6 Å². The van der Waals surface area contributed by atoms with Crippen LogP contribution in [0.5, 0.6) is 0 Å². The molecule has 0 bridgehead atoms. The maximum Gasteiger partial charge on any atom is 0.156 e. The second-order valence-electron chi connectivity index (χ2n) is 6.14. The Morgan fingerprint density at radius 3 is 1.55 bits per heavy atom. The van der Waals surface area contributed by atoms with Crippen molar-refractivity contribution in [1.29, 1.82) is 0 Å². The standard InChI is InChI=1S/C19H22O2S/c20-22(21)18(14-16-8-3-1-4-9-16)12-7-13-19(22)15-17-10-5-2-6-11-17/h1-6,8-11,18-19H,7,12-15H2/t18-,19+. The lowest BCUT2D eigenvalue weighted by Gasteiger charge is -2.29. The lowest BCUT2D eigenvalue weighted by Crippen LogP contribution is -2.38. The third kappa shape index (κ3) is 3.41. The highest BCUT2D eigenvalue weighted by Crippen LogP contribution is 2.30. The van der Waals surface area contributed by atoms with Crippen molar-refractivity contribution in [1.82, 2.24) is 0 Å². The molecule has 3 rings (SSSR count). The molecule has 1 aliphatic rings. The van der Waals surface area contributed by atoms with Gasteiger partial charge in [-0.25, -0.2) is 8.42 Å². The molecule has 1 fully saturated rings. The highest BCUT2D eigenvalue weighted by atomic mass is 32.2. The first-order valence-electron chi connectivity index (χ1n) is 7.97. The van der Waals surface area contributed by atoms with Gasteiger partial charge in [0, 0.05) is 0 Å². The van der Waals surface area contributed by atoms with Crippen LogP contribution in [0.15, 0.2) is 60.7 Å². The van der Waals surface area contributed by atoms with Crippen LogP contribution in [0.2, 0.25) is 0 Å². The lowest BCUT2D eigenvalue weighted by atomic mass is 10.0. The van der Waals surface area contributed by atoms with E-state index in [4.69, 9.17) is 0 Å². The summed E-state index contributed by atoms with van der Waals surface area (Å²) in [7, 11) is -3.06. The van der Waals surface area contributed by atoms with Gasteiger partial charge < -0.3 is 0 Å². The van der Waals surface area contributed by atoms with Gasteiger partial charge in [-0.1, -0.05) is 67.1 Å². The fraction of sp³-hybridized carbons (Fsp3) is 0.368. The summed E-state index contributed by atoms with van der Waals surface area (Å²) in [5, 5.41) is -0.449. The molecule has 1 saturated heterocycles. The zero-order valence-corrected chi connectivity index (χ0v) is 13.5. The molecule has 2 atom stereocenters. The van der Waals surface area contributed by atoms with Gasteiger partial charge in [0.1, 0.15) is 0 Å². The van der Waals surface area contributed by atoms with E-state index in [-0.39, 0.29) is 10.5 Å². The Hall–Kier alpha value is -1.61. The molecule has 2 nitrogen and oxygen atoms in total. The lowest BCUT2D eigenvalue weighted by molar-refractivity contribution is 0.500. The molecular formula is C19H22O2S. The van der Waals surface area contributed by atoms with Gasteiger partial charge in [0.2, 0.25) is 0 Å². The Balaban J connectivity index is 1.76. The minimum absolute atomic E-state index is 0.225. The quantitative estimate of drug-likeness (QED) is 0.860. The summed E-state index contributed by atoms with van der Waals surface area (Å²) in [6.07, 6.45) is 3.89. The summed E-state index contributed by atoms with van der Waals surface area (Å²) in [5.74, 6) is 0. The summed E-state index contributed by atoms with van der Waals surface area (Å²) in [5.41, 5.74) is 2.24. The largest absolute Gasteiger partial charge is 0.228 e. The molecular weight excluding hydrogens is 292 g/mol. The summed E-state index contributed by atoms with van der Waals surface area (Å²) < 4.78 is 25.8. The topological polar surface area (TPSA) is 34.1 Å². The molecule has 1 aliphatic heterocycles. The minimum Gasteiger partial charge on any atom is -0.228 e. The first-order valence-corrected chi connectivity index (χ1v) is 9.58. The predicted molar refractivity (Wildman–Crippen MR) is 90.6 cm³/mol. The van der Waals surface area contributed by atoms with E-state index < -0.39 is 9.84 Å². The van der Waals surface area contributed by atoms with Crippen LogP contribution in [0.1, 0.15) is 30.4 Å². The van der Waals surface area contributed by atoms with E-state index in [2.05, 4.69) is 0 Å². The number of hydrogen-bond acceptors (Lipinski definition) is 2. The first kappa shape index (κ1) is 15.3. The minimum atomic E-state index is -3.06. The molecule has 22 heavy (non-hydrogen) atoms. The predicted octanol–water partition coefficient (Wildman–Crippen LogP) is 3.81. The third-order valence-corrected chi connectivity index (χ3v) is 7.26. The maximum absolute atomic E-state index is 12.9. The Kier molecular flexibility index (Phi) is 4.63. The van der Waals surface area contributed by atoms with E-state index in [1.54, 1.807) is 0 Å². The highest BCUT2D eigenvalue weighted by molar-refractivity contribution is 7.92. The van der Waals surface area contributed by atoms with E-state index in [9.17, 15) is 8.42 Å². The highest BCUT2D eigenvalue weighted by Gasteiger charge is 2.37. The van der Waals surface area contributed by atoms with Crippen LogP contribution in [0.4, 0.5) is 0 Å². The molecule has 2 aromatic rings. The van der Waals surface area contributed by atoms with Crippen molar-refractivity contribution in [2.24, 2.45) is 0 Å². The van der Waals surface area contributed by atoms with Crippen LogP contribution >= 0.6 is 0 Å². The van der Waals surface area contributed by atoms with E-state index in [1.165, 1.54) is 0 Å². The smallest absolute Gasteiger partial charge is 0.156 e. The van der Waals surface area contributed by atoms with Gasteiger partial charge in [-0.05, 0) is 36.8 Å².